The first kappa shape index (κ1) is 14.7. The molecule has 1 N–H and O–H groups in total. The van der Waals surface area contributed by atoms with Gasteiger partial charge in [0.05, 0.1) is 3.79 Å². The molecule has 0 aliphatic heterocycles. The molecule has 18 heavy (non-hydrogen) atoms. The van der Waals surface area contributed by atoms with Crippen molar-refractivity contribution in [3.63, 3.8) is 0 Å². The molecule has 0 radical (unpaired) electrons. The zero-order valence-corrected chi connectivity index (χ0v) is 15.3. The van der Waals surface area contributed by atoms with E-state index >= 15 is 0 Å². The molecule has 0 fully saturated rings. The Morgan fingerprint density at radius 1 is 1.17 bits per heavy atom. The van der Waals surface area contributed by atoms with Crippen molar-refractivity contribution in [2.24, 2.45) is 0 Å². The molecule has 0 aliphatic rings. The van der Waals surface area contributed by atoms with E-state index in [1.54, 1.807) is 11.3 Å². The maximum atomic E-state index is 3.60. The van der Waals surface area contributed by atoms with Gasteiger partial charge in [0.2, 0.25) is 0 Å². The van der Waals surface area contributed by atoms with E-state index < -0.39 is 0 Å². The van der Waals surface area contributed by atoms with Crippen LogP contribution in [-0.4, -0.2) is 0 Å². The highest BCUT2D eigenvalue weighted by Gasteiger charge is 2.09. The fraction of sp³-hybridized carbons (Fsp3) is 0.231. The number of nitrogens with one attached hydrogen (secondary N) is 1. The summed E-state index contributed by atoms with van der Waals surface area (Å²) in [6.07, 6.45) is 0. The van der Waals surface area contributed by atoms with Crippen molar-refractivity contribution >= 4 is 59.1 Å². The fourth-order valence-electron chi connectivity index (χ4n) is 1.66. The molecule has 5 heteroatoms. The van der Waals surface area contributed by atoms with Gasteiger partial charge in [-0.15, -0.1) is 11.3 Å². The van der Waals surface area contributed by atoms with Crippen molar-refractivity contribution in [3.05, 3.63) is 53.5 Å². The highest BCUT2D eigenvalue weighted by molar-refractivity contribution is 9.11. The van der Waals surface area contributed by atoms with Gasteiger partial charge < -0.3 is 5.32 Å². The van der Waals surface area contributed by atoms with Crippen molar-refractivity contribution < 1.29 is 0 Å². The van der Waals surface area contributed by atoms with Crippen LogP contribution >= 0.6 is 59.1 Å². The van der Waals surface area contributed by atoms with Crippen LogP contribution in [0.1, 0.15) is 23.4 Å². The zero-order valence-electron chi connectivity index (χ0n) is 9.71. The van der Waals surface area contributed by atoms with Gasteiger partial charge in [-0.2, -0.15) is 0 Å². The summed E-state index contributed by atoms with van der Waals surface area (Å²) in [6, 6.07) is 10.8. The normalized spacial score (nSPS) is 12.7. The lowest BCUT2D eigenvalue weighted by Gasteiger charge is -2.15. The average molecular weight is 454 g/mol. The Kier molecular flexibility index (Phi) is 5.45. The van der Waals surface area contributed by atoms with Crippen LogP contribution in [-0.2, 0) is 6.54 Å². The monoisotopic (exact) mass is 451 g/mol. The molecule has 0 saturated carbocycles. The summed E-state index contributed by atoms with van der Waals surface area (Å²) in [5.74, 6) is 0. The molecule has 0 aliphatic carbocycles. The lowest BCUT2D eigenvalue weighted by molar-refractivity contribution is 0.577. The number of hydrogen-bond donors (Lipinski definition) is 1. The molecular weight excluding hydrogens is 442 g/mol. The van der Waals surface area contributed by atoms with Crippen LogP contribution in [0, 0.1) is 0 Å². The molecule has 0 bridgehead atoms. The summed E-state index contributed by atoms with van der Waals surface area (Å²) in [7, 11) is 0. The second kappa shape index (κ2) is 6.66. The topological polar surface area (TPSA) is 12.0 Å². The largest absolute Gasteiger partial charge is 0.305 e. The SMILES string of the molecule is CC(NCc1ccc(Br)s1)c1ccc(Br)cc1Br. The molecule has 1 atom stereocenters. The molecule has 1 heterocycles. The fourth-order valence-corrected chi connectivity index (χ4v) is 4.49. The minimum absolute atomic E-state index is 0.313. The molecule has 2 aromatic rings. The van der Waals surface area contributed by atoms with E-state index in [0.717, 1.165) is 15.5 Å². The standard InChI is InChI=1S/C13H12Br3NS/c1-8(11-4-2-9(14)6-12(11)15)17-7-10-3-5-13(16)18-10/h2-6,8,17H,7H2,1H3. The van der Waals surface area contributed by atoms with Gasteiger partial charge in [-0.1, -0.05) is 37.9 Å². The van der Waals surface area contributed by atoms with E-state index in [9.17, 15) is 0 Å². The molecule has 96 valence electrons. The van der Waals surface area contributed by atoms with Crippen molar-refractivity contribution in [2.45, 2.75) is 19.5 Å². The van der Waals surface area contributed by atoms with Crippen LogP contribution in [0.4, 0.5) is 0 Å². The van der Waals surface area contributed by atoms with Crippen LogP contribution < -0.4 is 5.32 Å². The van der Waals surface area contributed by atoms with Crippen molar-refractivity contribution in [2.75, 3.05) is 0 Å². The minimum atomic E-state index is 0.313. The lowest BCUT2D eigenvalue weighted by Crippen LogP contribution is -2.17. The number of halogens is 3. The van der Waals surface area contributed by atoms with Crippen LogP contribution in [0.5, 0.6) is 0 Å². The van der Waals surface area contributed by atoms with Crippen molar-refractivity contribution in [1.29, 1.82) is 0 Å². The summed E-state index contributed by atoms with van der Waals surface area (Å²) in [6.45, 7) is 3.07. The second-order valence-electron chi connectivity index (χ2n) is 3.97. The first-order valence-electron chi connectivity index (χ1n) is 5.49. The third kappa shape index (κ3) is 3.90. The van der Waals surface area contributed by atoms with Crippen LogP contribution in [0.25, 0.3) is 0 Å². The Balaban J connectivity index is 2.01. The minimum Gasteiger partial charge on any atom is -0.305 e. The first-order valence-corrected chi connectivity index (χ1v) is 8.68. The van der Waals surface area contributed by atoms with E-state index in [-0.39, 0.29) is 0 Å². The Morgan fingerprint density at radius 3 is 2.56 bits per heavy atom. The maximum absolute atomic E-state index is 3.60. The molecule has 0 amide bonds. The quantitative estimate of drug-likeness (QED) is 0.609. The van der Waals surface area contributed by atoms with Crippen LogP contribution in [0.15, 0.2) is 43.1 Å². The second-order valence-corrected chi connectivity index (χ2v) is 8.29. The van der Waals surface area contributed by atoms with Gasteiger partial charge >= 0.3 is 0 Å². The number of hydrogen-bond acceptors (Lipinski definition) is 2. The van der Waals surface area contributed by atoms with E-state index in [4.69, 9.17) is 0 Å². The van der Waals surface area contributed by atoms with Gasteiger partial charge in [-0.25, -0.2) is 0 Å². The Hall–Kier alpha value is 0.320. The molecule has 1 aromatic heterocycles. The zero-order chi connectivity index (χ0) is 13.1. The summed E-state index contributed by atoms with van der Waals surface area (Å²) < 4.78 is 3.40. The predicted octanol–water partition coefficient (Wildman–Crippen LogP) is 5.89. The Morgan fingerprint density at radius 2 is 1.94 bits per heavy atom. The number of benzene rings is 1. The van der Waals surface area contributed by atoms with E-state index in [1.807, 2.05) is 0 Å². The van der Waals surface area contributed by atoms with Gasteiger partial charge in [-0.05, 0) is 52.7 Å². The molecule has 0 saturated heterocycles. The molecule has 2 rings (SSSR count). The average Bonchev–Trinajstić information content (AvgIpc) is 2.72. The van der Waals surface area contributed by atoms with Crippen LogP contribution in [0.2, 0.25) is 0 Å². The van der Waals surface area contributed by atoms with Crippen molar-refractivity contribution in [3.8, 4) is 0 Å². The Bertz CT molecular complexity index is 539. The highest BCUT2D eigenvalue weighted by Crippen LogP contribution is 2.27. The molecule has 0 spiro atoms. The molecule has 1 aromatic carbocycles. The maximum Gasteiger partial charge on any atom is 0.0701 e. The van der Waals surface area contributed by atoms with E-state index in [0.29, 0.717) is 6.04 Å². The summed E-state index contributed by atoms with van der Waals surface area (Å²) in [4.78, 5) is 1.34. The van der Waals surface area contributed by atoms with E-state index in [1.165, 1.54) is 14.2 Å². The van der Waals surface area contributed by atoms with Gasteiger partial charge in [-0.3, -0.25) is 0 Å². The van der Waals surface area contributed by atoms with Gasteiger partial charge in [0, 0.05) is 26.4 Å². The first-order chi connectivity index (χ1) is 8.56. The summed E-state index contributed by atoms with van der Waals surface area (Å²) in [5.41, 5.74) is 1.27. The highest BCUT2D eigenvalue weighted by atomic mass is 79.9. The van der Waals surface area contributed by atoms with E-state index in [2.05, 4.69) is 90.4 Å². The van der Waals surface area contributed by atoms with Gasteiger partial charge in [0.25, 0.3) is 0 Å². The molecular formula is C13H12Br3NS. The van der Waals surface area contributed by atoms with Crippen LogP contribution in [0.3, 0.4) is 0 Å². The predicted molar refractivity (Wildman–Crippen MR) is 89.1 cm³/mol. The van der Waals surface area contributed by atoms with Gasteiger partial charge in [0.1, 0.15) is 0 Å². The Labute approximate surface area is 136 Å². The number of rotatable bonds is 4. The number of thiophene rings is 1. The summed E-state index contributed by atoms with van der Waals surface area (Å²) >= 11 is 12.3. The lowest BCUT2D eigenvalue weighted by atomic mass is 10.1. The third-order valence-corrected chi connectivity index (χ3v) is 5.44. The summed E-state index contributed by atoms with van der Waals surface area (Å²) in [5, 5.41) is 3.53. The molecule has 1 unspecified atom stereocenters. The van der Waals surface area contributed by atoms with Gasteiger partial charge in [0.15, 0.2) is 0 Å². The third-order valence-electron chi connectivity index (χ3n) is 2.64. The molecule has 1 nitrogen and oxygen atoms in total. The smallest absolute Gasteiger partial charge is 0.0701 e. The van der Waals surface area contributed by atoms with Crippen molar-refractivity contribution in [1.82, 2.24) is 5.32 Å².